The van der Waals surface area contributed by atoms with E-state index in [4.69, 9.17) is 16.0 Å². The summed E-state index contributed by atoms with van der Waals surface area (Å²) < 4.78 is 11.1. The maximum atomic E-state index is 12.5. The molecular weight excluding hydrogens is 425 g/mol. The van der Waals surface area contributed by atoms with Crippen molar-refractivity contribution in [3.05, 3.63) is 27.3 Å². The topological polar surface area (TPSA) is 73.1 Å². The molecule has 0 aliphatic rings. The molecule has 0 saturated heterocycles. The van der Waals surface area contributed by atoms with Gasteiger partial charge in [0.05, 0.1) is 6.57 Å². The monoisotopic (exact) mass is 445 g/mol. The Morgan fingerprint density at radius 2 is 1.58 bits per heavy atom. The minimum absolute atomic E-state index is 0.0232. The lowest BCUT2D eigenvalue weighted by molar-refractivity contribution is 0.0429. The molecule has 1 heterocycles. The summed E-state index contributed by atoms with van der Waals surface area (Å²) >= 11 is 1.95. The second-order valence-electron chi connectivity index (χ2n) is 6.90. The van der Waals surface area contributed by atoms with Crippen LogP contribution in [0.25, 0.3) is 4.85 Å². The zero-order valence-corrected chi connectivity index (χ0v) is 16.7. The predicted molar refractivity (Wildman–Crippen MR) is 98.2 cm³/mol. The summed E-state index contributed by atoms with van der Waals surface area (Å²) in [6.07, 6.45) is -0.423. The van der Waals surface area contributed by atoms with Gasteiger partial charge in [0.1, 0.15) is 17.0 Å². The minimum Gasteiger partial charge on any atom is -0.443 e. The van der Waals surface area contributed by atoms with Crippen LogP contribution in [0.4, 0.5) is 21.1 Å². The Kier molecular flexibility index (Phi) is 6.16. The van der Waals surface area contributed by atoms with Crippen LogP contribution in [0, 0.1) is 10.1 Å². The van der Waals surface area contributed by atoms with Gasteiger partial charge < -0.3 is 9.47 Å². The van der Waals surface area contributed by atoms with Gasteiger partial charge in [-0.05, 0) is 47.6 Å². The van der Waals surface area contributed by atoms with E-state index in [1.165, 1.54) is 12.3 Å². The fourth-order valence-electron chi connectivity index (χ4n) is 1.50. The van der Waals surface area contributed by atoms with Crippen LogP contribution in [0.3, 0.4) is 0 Å². The van der Waals surface area contributed by atoms with Crippen molar-refractivity contribution in [2.75, 3.05) is 4.90 Å². The Labute approximate surface area is 155 Å². The highest BCUT2D eigenvalue weighted by atomic mass is 127. The van der Waals surface area contributed by atoms with E-state index in [1.807, 2.05) is 22.6 Å². The van der Waals surface area contributed by atoms with Gasteiger partial charge in [0.2, 0.25) is 5.69 Å². The first-order valence-corrected chi connectivity index (χ1v) is 8.21. The van der Waals surface area contributed by atoms with Crippen LogP contribution in [0.5, 0.6) is 0 Å². The van der Waals surface area contributed by atoms with Gasteiger partial charge in [-0.1, -0.05) is 22.6 Å². The molecule has 7 nitrogen and oxygen atoms in total. The van der Waals surface area contributed by atoms with E-state index in [0.29, 0.717) is 8.47 Å². The van der Waals surface area contributed by atoms with E-state index >= 15 is 0 Å². The van der Waals surface area contributed by atoms with E-state index in [-0.39, 0.29) is 11.5 Å². The second-order valence-corrected chi connectivity index (χ2v) is 8.06. The summed E-state index contributed by atoms with van der Waals surface area (Å²) in [6.45, 7) is 17.3. The van der Waals surface area contributed by atoms with E-state index in [1.54, 1.807) is 41.5 Å². The zero-order valence-electron chi connectivity index (χ0n) is 14.5. The number of hydrogen-bond donors (Lipinski definition) is 0. The van der Waals surface area contributed by atoms with Crippen LogP contribution in [-0.4, -0.2) is 28.4 Å². The van der Waals surface area contributed by atoms with Gasteiger partial charge in [-0.15, -0.1) is 0 Å². The second kappa shape index (κ2) is 7.34. The number of carbonyl (C=O) groups is 2. The molecule has 0 fully saturated rings. The molecule has 0 unspecified atom stereocenters. The van der Waals surface area contributed by atoms with Crippen LogP contribution in [0.2, 0.25) is 0 Å². The molecule has 24 heavy (non-hydrogen) atoms. The van der Waals surface area contributed by atoms with Crippen molar-refractivity contribution in [3.63, 3.8) is 0 Å². The average Bonchev–Trinajstić information content (AvgIpc) is 2.36. The molecule has 0 N–H and O–H groups in total. The molecule has 0 spiro atoms. The SMILES string of the molecule is [C-]#[N+]c1cc(N(C(=O)OC(C)(C)C)C(=O)OC(C)(C)C)ncc1I. The summed E-state index contributed by atoms with van der Waals surface area (Å²) in [5.41, 5.74) is -1.33. The van der Waals surface area contributed by atoms with Gasteiger partial charge in [-0.3, -0.25) is 0 Å². The molecule has 0 saturated carbocycles. The number of rotatable bonds is 1. The molecule has 1 aromatic heterocycles. The first-order valence-electron chi connectivity index (χ1n) is 7.13. The molecule has 0 radical (unpaired) electrons. The first kappa shape index (κ1) is 20.2. The molecule has 1 aromatic rings. The molecule has 0 atom stereocenters. The summed E-state index contributed by atoms with van der Waals surface area (Å²) in [5, 5.41) is 0. The summed E-state index contributed by atoms with van der Waals surface area (Å²) in [7, 11) is 0. The standard InChI is InChI=1S/C16H20IN3O4/c1-15(2,3)23-13(21)20(14(22)24-16(4,5)6)12-8-11(18-7)10(17)9-19-12/h8-9H,1-6H3. The fourth-order valence-corrected chi connectivity index (χ4v) is 1.92. The molecule has 0 aliphatic carbocycles. The molecule has 2 amide bonds. The Morgan fingerprint density at radius 1 is 1.12 bits per heavy atom. The third kappa shape index (κ3) is 5.96. The number of aromatic nitrogens is 1. The molecular formula is C16H20IN3O4. The van der Waals surface area contributed by atoms with E-state index in [9.17, 15) is 9.59 Å². The Balaban J connectivity index is 3.30. The van der Waals surface area contributed by atoms with Crippen molar-refractivity contribution in [2.45, 2.75) is 52.7 Å². The molecule has 8 heteroatoms. The van der Waals surface area contributed by atoms with E-state index in [2.05, 4.69) is 9.83 Å². The molecule has 0 aromatic carbocycles. The first-order chi connectivity index (χ1) is 10.8. The van der Waals surface area contributed by atoms with Gasteiger partial charge in [-0.25, -0.2) is 19.4 Å². The van der Waals surface area contributed by atoms with E-state index in [0.717, 1.165) is 0 Å². The van der Waals surface area contributed by atoms with Crippen molar-refractivity contribution in [1.29, 1.82) is 0 Å². The molecule has 130 valence electrons. The van der Waals surface area contributed by atoms with Crippen molar-refractivity contribution in [3.8, 4) is 0 Å². The van der Waals surface area contributed by atoms with Crippen molar-refractivity contribution < 1.29 is 19.1 Å². The number of anilines is 1. The van der Waals surface area contributed by atoms with Gasteiger partial charge in [0.15, 0.2) is 0 Å². The zero-order chi connectivity index (χ0) is 18.7. The van der Waals surface area contributed by atoms with Crippen LogP contribution in [-0.2, 0) is 9.47 Å². The molecule has 1 rings (SSSR count). The Hall–Kier alpha value is -1.89. The third-order valence-electron chi connectivity index (χ3n) is 2.32. The number of amides is 2. The van der Waals surface area contributed by atoms with Crippen molar-refractivity contribution >= 4 is 46.3 Å². The third-order valence-corrected chi connectivity index (χ3v) is 3.15. The largest absolute Gasteiger partial charge is 0.443 e. The lowest BCUT2D eigenvalue weighted by Crippen LogP contribution is -2.44. The van der Waals surface area contributed by atoms with Crippen LogP contribution in [0.1, 0.15) is 41.5 Å². The maximum Gasteiger partial charge on any atom is 0.425 e. The quantitative estimate of drug-likeness (QED) is 0.454. The minimum atomic E-state index is -0.915. The van der Waals surface area contributed by atoms with Gasteiger partial charge >= 0.3 is 12.2 Å². The Bertz CT molecular complexity index is 656. The number of pyridine rings is 1. The average molecular weight is 445 g/mol. The number of ether oxygens (including phenoxy) is 2. The highest BCUT2D eigenvalue weighted by Gasteiger charge is 2.33. The summed E-state index contributed by atoms with van der Waals surface area (Å²) in [4.78, 5) is 33.0. The molecule has 0 bridgehead atoms. The van der Waals surface area contributed by atoms with Gasteiger partial charge in [0, 0.05) is 9.77 Å². The smallest absolute Gasteiger partial charge is 0.425 e. The highest BCUT2D eigenvalue weighted by Crippen LogP contribution is 2.27. The number of halogens is 1. The lowest BCUT2D eigenvalue weighted by Gasteiger charge is -2.28. The summed E-state index contributed by atoms with van der Waals surface area (Å²) in [6, 6.07) is 1.35. The molecule has 0 aliphatic heterocycles. The fraction of sp³-hybridized carbons (Fsp3) is 0.500. The maximum absolute atomic E-state index is 12.5. The predicted octanol–water partition coefficient (Wildman–Crippen LogP) is 4.91. The number of hydrogen-bond acceptors (Lipinski definition) is 5. The van der Waals surface area contributed by atoms with Crippen LogP contribution < -0.4 is 4.90 Å². The van der Waals surface area contributed by atoms with Crippen LogP contribution >= 0.6 is 22.6 Å². The van der Waals surface area contributed by atoms with Crippen molar-refractivity contribution in [1.82, 2.24) is 4.98 Å². The summed E-state index contributed by atoms with van der Waals surface area (Å²) in [5.74, 6) is -0.0232. The van der Waals surface area contributed by atoms with E-state index < -0.39 is 23.4 Å². The number of carbonyl (C=O) groups excluding carboxylic acids is 2. The number of nitrogens with zero attached hydrogens (tertiary/aromatic N) is 3. The van der Waals surface area contributed by atoms with Crippen LogP contribution in [0.15, 0.2) is 12.3 Å². The van der Waals surface area contributed by atoms with Crippen molar-refractivity contribution in [2.24, 2.45) is 0 Å². The normalized spacial score (nSPS) is 11.4. The van der Waals surface area contributed by atoms with Gasteiger partial charge in [-0.2, -0.15) is 4.90 Å². The lowest BCUT2D eigenvalue weighted by atomic mass is 10.2. The Morgan fingerprint density at radius 3 is 1.96 bits per heavy atom. The highest BCUT2D eigenvalue weighted by molar-refractivity contribution is 14.1. The number of imide groups is 1. The van der Waals surface area contributed by atoms with Gasteiger partial charge in [0.25, 0.3) is 0 Å².